The quantitative estimate of drug-likeness (QED) is 0.437. The minimum atomic E-state index is -4.15. The van der Waals surface area contributed by atoms with Crippen LogP contribution in [0.4, 0.5) is 17.6 Å². The van der Waals surface area contributed by atoms with Crippen molar-refractivity contribution in [1.29, 1.82) is 0 Å². The molecular formula is C30H36F4N2O3. The summed E-state index contributed by atoms with van der Waals surface area (Å²) in [5.41, 5.74) is 0.426. The average molecular weight is 549 g/mol. The number of aliphatic hydroxyl groups excluding tert-OH is 1. The highest BCUT2D eigenvalue weighted by Gasteiger charge is 2.58. The van der Waals surface area contributed by atoms with E-state index >= 15 is 0 Å². The maximum atomic E-state index is 14.9. The van der Waals surface area contributed by atoms with Crippen molar-refractivity contribution in [2.75, 3.05) is 39.3 Å². The van der Waals surface area contributed by atoms with Gasteiger partial charge in [0.15, 0.2) is 11.6 Å². The minimum absolute atomic E-state index is 0.0800. The zero-order chi connectivity index (χ0) is 27.6. The molecule has 1 amide bonds. The van der Waals surface area contributed by atoms with E-state index in [1.165, 1.54) is 6.07 Å². The predicted molar refractivity (Wildman–Crippen MR) is 140 cm³/mol. The van der Waals surface area contributed by atoms with E-state index in [2.05, 4.69) is 0 Å². The minimum Gasteiger partial charge on any atom is -0.490 e. The summed E-state index contributed by atoms with van der Waals surface area (Å²) in [5, 5.41) is 9.84. The fraction of sp³-hybridized carbons (Fsp3) is 0.567. The van der Waals surface area contributed by atoms with Crippen LogP contribution < -0.4 is 4.74 Å². The third-order valence-corrected chi connectivity index (χ3v) is 8.70. The Kier molecular flexibility index (Phi) is 8.19. The van der Waals surface area contributed by atoms with Crippen LogP contribution in [0.1, 0.15) is 55.3 Å². The van der Waals surface area contributed by atoms with Crippen LogP contribution in [-0.2, 0) is 0 Å². The molecule has 2 aromatic rings. The van der Waals surface area contributed by atoms with E-state index < -0.39 is 23.5 Å². The molecular weight excluding hydrogens is 512 g/mol. The molecule has 2 aromatic carbocycles. The Morgan fingerprint density at radius 1 is 0.974 bits per heavy atom. The number of hydrogen-bond acceptors (Lipinski definition) is 4. The highest BCUT2D eigenvalue weighted by molar-refractivity contribution is 5.94. The normalized spacial score (nSPS) is 22.4. The van der Waals surface area contributed by atoms with E-state index in [0.29, 0.717) is 56.8 Å². The van der Waals surface area contributed by atoms with Crippen molar-refractivity contribution in [3.63, 3.8) is 0 Å². The number of alkyl halides is 3. The highest BCUT2D eigenvalue weighted by Crippen LogP contribution is 2.53. The number of hydrogen-bond donors (Lipinski definition) is 1. The predicted octanol–water partition coefficient (Wildman–Crippen LogP) is 5.91. The number of ether oxygens (including phenoxy) is 1. The molecule has 39 heavy (non-hydrogen) atoms. The Balaban J connectivity index is 1.11. The molecule has 5 rings (SSSR count). The van der Waals surface area contributed by atoms with Gasteiger partial charge >= 0.3 is 6.18 Å². The Bertz CT molecular complexity index is 1140. The molecule has 1 aliphatic carbocycles. The molecule has 1 saturated carbocycles. The van der Waals surface area contributed by atoms with Gasteiger partial charge in [-0.2, -0.15) is 13.2 Å². The summed E-state index contributed by atoms with van der Waals surface area (Å²) in [6.45, 7) is 2.58. The highest BCUT2D eigenvalue weighted by atomic mass is 19.4. The van der Waals surface area contributed by atoms with Gasteiger partial charge in [-0.25, -0.2) is 4.39 Å². The average Bonchev–Trinajstić information content (AvgIpc) is 2.89. The number of carbonyl (C=O) groups is 1. The first-order valence-electron chi connectivity index (χ1n) is 13.9. The fourth-order valence-corrected chi connectivity index (χ4v) is 6.01. The zero-order valence-electron chi connectivity index (χ0n) is 22.1. The van der Waals surface area contributed by atoms with E-state index in [1.54, 1.807) is 41.3 Å². The molecule has 2 heterocycles. The summed E-state index contributed by atoms with van der Waals surface area (Å²) in [4.78, 5) is 16.3. The Labute approximate surface area is 226 Å². The lowest BCUT2D eigenvalue weighted by Gasteiger charge is -2.47. The Morgan fingerprint density at radius 3 is 2.26 bits per heavy atom. The molecule has 3 fully saturated rings. The summed E-state index contributed by atoms with van der Waals surface area (Å²) in [5.74, 6) is -0.273. The van der Waals surface area contributed by atoms with Crippen LogP contribution in [0.2, 0.25) is 0 Å². The van der Waals surface area contributed by atoms with Crippen molar-refractivity contribution in [3.05, 3.63) is 53.8 Å². The maximum Gasteiger partial charge on any atom is 0.395 e. The van der Waals surface area contributed by atoms with E-state index in [0.717, 1.165) is 24.8 Å². The van der Waals surface area contributed by atoms with Gasteiger partial charge in [0.05, 0.1) is 18.1 Å². The molecule has 1 atom stereocenters. The number of amides is 1. The first kappa shape index (κ1) is 27.9. The molecule has 0 radical (unpaired) electrons. The topological polar surface area (TPSA) is 53.0 Å². The van der Waals surface area contributed by atoms with Crippen molar-refractivity contribution >= 4 is 5.91 Å². The van der Waals surface area contributed by atoms with Crippen molar-refractivity contribution < 1.29 is 32.2 Å². The van der Waals surface area contributed by atoms with Gasteiger partial charge < -0.3 is 19.6 Å². The number of carbonyl (C=O) groups excluding carboxylic acids is 1. The number of β-amino-alcohol motifs (C(OH)–C–C–N with tert-alkyl or cyclic N) is 1. The third-order valence-electron chi connectivity index (χ3n) is 8.70. The largest absolute Gasteiger partial charge is 0.490 e. The summed E-state index contributed by atoms with van der Waals surface area (Å²) < 4.78 is 61.1. The van der Waals surface area contributed by atoms with Crippen LogP contribution in [0.25, 0.3) is 11.1 Å². The van der Waals surface area contributed by atoms with Crippen LogP contribution >= 0.6 is 0 Å². The molecule has 5 nitrogen and oxygen atoms in total. The summed E-state index contributed by atoms with van der Waals surface area (Å²) >= 11 is 0. The molecule has 0 aromatic heterocycles. The number of halogens is 4. The maximum absolute atomic E-state index is 14.9. The van der Waals surface area contributed by atoms with E-state index in [9.17, 15) is 27.5 Å². The first-order chi connectivity index (χ1) is 18.6. The van der Waals surface area contributed by atoms with Gasteiger partial charge in [-0.05, 0) is 92.9 Å². The molecule has 0 bridgehead atoms. The lowest BCUT2D eigenvalue weighted by molar-refractivity contribution is -0.256. The number of piperidine rings is 2. The van der Waals surface area contributed by atoms with Gasteiger partial charge in [0.25, 0.3) is 5.91 Å². The van der Waals surface area contributed by atoms with Gasteiger partial charge in [0.2, 0.25) is 0 Å². The van der Waals surface area contributed by atoms with Gasteiger partial charge in [0, 0.05) is 25.2 Å². The van der Waals surface area contributed by atoms with Crippen LogP contribution in [0.15, 0.2) is 42.5 Å². The second-order valence-electron chi connectivity index (χ2n) is 11.4. The third kappa shape index (κ3) is 6.24. The number of nitrogens with zero attached hydrogens (tertiary/aromatic N) is 2. The second-order valence-corrected chi connectivity index (χ2v) is 11.4. The molecule has 2 saturated heterocycles. The van der Waals surface area contributed by atoms with Crippen molar-refractivity contribution in [2.45, 2.75) is 57.2 Å². The smallest absolute Gasteiger partial charge is 0.395 e. The first-order valence-corrected chi connectivity index (χ1v) is 13.9. The van der Waals surface area contributed by atoms with Crippen molar-refractivity contribution in [1.82, 2.24) is 9.80 Å². The molecule has 9 heteroatoms. The standard InChI is InChI=1S/C30H36F4N2O3/c31-26-17-24(22-4-6-23(7-5-22)28(38)36-14-1-3-25(37)18-36)8-9-27(26)39-19-21-10-15-35(16-11-21)20-29(12-2-13-29)30(32,33)34/h4-9,17,21,25,37H,1-3,10-16,18-20H2/t25-/m1/s1. The van der Waals surface area contributed by atoms with Crippen LogP contribution in [0, 0.1) is 17.2 Å². The number of aliphatic hydroxyl groups is 1. The number of rotatable bonds is 7. The molecule has 212 valence electrons. The van der Waals surface area contributed by atoms with Crippen molar-refractivity contribution in [3.8, 4) is 16.9 Å². The molecule has 3 aliphatic rings. The van der Waals surface area contributed by atoms with E-state index in [1.807, 2.05) is 4.90 Å². The van der Waals surface area contributed by atoms with Gasteiger partial charge in [0.1, 0.15) is 0 Å². The summed E-state index contributed by atoms with van der Waals surface area (Å²) in [6.07, 6.45) is -0.595. The van der Waals surface area contributed by atoms with Crippen LogP contribution in [-0.4, -0.2) is 72.4 Å². The molecule has 0 spiro atoms. The molecule has 0 unspecified atom stereocenters. The lowest BCUT2D eigenvalue weighted by Crippen LogP contribution is -2.53. The van der Waals surface area contributed by atoms with Crippen LogP contribution in [0.5, 0.6) is 5.75 Å². The SMILES string of the molecule is O=C(c1ccc(-c2ccc(OCC3CCN(CC4(C(F)(F)F)CCC4)CC3)c(F)c2)cc1)N1CCC[C@@H](O)C1. The lowest BCUT2D eigenvalue weighted by atomic mass is 9.67. The Morgan fingerprint density at radius 2 is 1.67 bits per heavy atom. The summed E-state index contributed by atoms with van der Waals surface area (Å²) in [7, 11) is 0. The second kappa shape index (κ2) is 11.5. The summed E-state index contributed by atoms with van der Waals surface area (Å²) in [6, 6.07) is 11.8. The van der Waals surface area contributed by atoms with E-state index in [4.69, 9.17) is 4.74 Å². The van der Waals surface area contributed by atoms with Gasteiger partial charge in [-0.1, -0.05) is 24.6 Å². The fourth-order valence-electron chi connectivity index (χ4n) is 6.01. The van der Waals surface area contributed by atoms with Gasteiger partial charge in [-0.15, -0.1) is 0 Å². The van der Waals surface area contributed by atoms with Crippen LogP contribution in [0.3, 0.4) is 0 Å². The van der Waals surface area contributed by atoms with Gasteiger partial charge in [-0.3, -0.25) is 4.79 Å². The van der Waals surface area contributed by atoms with Crippen molar-refractivity contribution in [2.24, 2.45) is 11.3 Å². The zero-order valence-corrected chi connectivity index (χ0v) is 22.1. The molecule has 1 N–H and O–H groups in total. The van der Waals surface area contributed by atoms with E-state index in [-0.39, 0.29) is 37.0 Å². The monoisotopic (exact) mass is 548 g/mol. The molecule has 2 aliphatic heterocycles. The number of likely N-dealkylation sites (tertiary alicyclic amines) is 2. The number of benzene rings is 2. The Hall–Kier alpha value is -2.65.